The molecule has 0 aliphatic carbocycles. The number of likely N-dealkylation sites (tertiary alicyclic amines) is 1. The molecule has 1 fully saturated rings. The second kappa shape index (κ2) is 7.86. The van der Waals surface area contributed by atoms with Crippen molar-refractivity contribution in [3.63, 3.8) is 0 Å². The zero-order chi connectivity index (χ0) is 16.8. The van der Waals surface area contributed by atoms with Crippen LogP contribution < -0.4 is 9.47 Å². The van der Waals surface area contributed by atoms with Gasteiger partial charge in [-0.2, -0.15) is 0 Å². The third-order valence-corrected chi connectivity index (χ3v) is 4.35. The molecule has 1 heterocycles. The molecule has 0 saturated carbocycles. The van der Waals surface area contributed by atoms with Gasteiger partial charge in [-0.15, -0.1) is 0 Å². The van der Waals surface area contributed by atoms with E-state index in [0.29, 0.717) is 23.8 Å². The van der Waals surface area contributed by atoms with Crippen molar-refractivity contribution < 1.29 is 14.3 Å². The topological polar surface area (TPSA) is 38.8 Å². The lowest BCUT2D eigenvalue weighted by Gasteiger charge is -2.32. The molecular weight excluding hydrogens is 302 g/mol. The summed E-state index contributed by atoms with van der Waals surface area (Å²) in [6.07, 6.45) is 2.10. The first kappa shape index (κ1) is 16.4. The number of benzene rings is 2. The van der Waals surface area contributed by atoms with Crippen molar-refractivity contribution in [2.75, 3.05) is 26.8 Å². The maximum atomic E-state index is 12.7. The summed E-state index contributed by atoms with van der Waals surface area (Å²) >= 11 is 0. The molecule has 0 spiro atoms. The van der Waals surface area contributed by atoms with Crippen molar-refractivity contribution in [3.8, 4) is 11.5 Å². The number of hydrogen-bond donors (Lipinski definition) is 0. The average Bonchev–Trinajstić information content (AvgIpc) is 2.67. The predicted octanol–water partition coefficient (Wildman–Crippen LogP) is 3.63. The molecule has 0 bridgehead atoms. The molecule has 3 rings (SSSR count). The van der Waals surface area contributed by atoms with Crippen molar-refractivity contribution in [3.05, 3.63) is 60.2 Å². The highest BCUT2D eigenvalue weighted by Gasteiger charge is 2.25. The normalized spacial score (nSPS) is 17.4. The molecule has 1 aliphatic heterocycles. The van der Waals surface area contributed by atoms with E-state index < -0.39 is 0 Å². The van der Waals surface area contributed by atoms with Crippen LogP contribution >= 0.6 is 0 Å². The van der Waals surface area contributed by atoms with Crippen LogP contribution in [0.1, 0.15) is 23.2 Å². The minimum atomic E-state index is 0.0679. The monoisotopic (exact) mass is 325 g/mol. The Labute approximate surface area is 143 Å². The van der Waals surface area contributed by atoms with Crippen LogP contribution in [0, 0.1) is 5.92 Å². The fourth-order valence-electron chi connectivity index (χ4n) is 3.06. The van der Waals surface area contributed by atoms with Crippen molar-refractivity contribution in [1.82, 2.24) is 4.90 Å². The summed E-state index contributed by atoms with van der Waals surface area (Å²) in [5, 5.41) is 0. The lowest BCUT2D eigenvalue weighted by Crippen LogP contribution is -2.41. The van der Waals surface area contributed by atoms with Gasteiger partial charge in [0.25, 0.3) is 5.91 Å². The van der Waals surface area contributed by atoms with E-state index in [0.717, 1.165) is 31.7 Å². The van der Waals surface area contributed by atoms with E-state index in [2.05, 4.69) is 0 Å². The van der Waals surface area contributed by atoms with Crippen LogP contribution in [0.3, 0.4) is 0 Å². The van der Waals surface area contributed by atoms with Crippen molar-refractivity contribution in [2.24, 2.45) is 5.92 Å². The van der Waals surface area contributed by atoms with Crippen LogP contribution in [-0.4, -0.2) is 37.6 Å². The molecule has 1 atom stereocenters. The van der Waals surface area contributed by atoms with Gasteiger partial charge in [-0.1, -0.05) is 24.3 Å². The van der Waals surface area contributed by atoms with E-state index in [1.54, 1.807) is 13.2 Å². The van der Waals surface area contributed by atoms with Crippen LogP contribution in [-0.2, 0) is 0 Å². The number of rotatable bonds is 5. The number of ether oxygens (including phenoxy) is 2. The molecule has 2 aromatic rings. The molecule has 1 unspecified atom stereocenters. The highest BCUT2D eigenvalue weighted by Crippen LogP contribution is 2.21. The van der Waals surface area contributed by atoms with Gasteiger partial charge in [-0.3, -0.25) is 4.79 Å². The van der Waals surface area contributed by atoms with E-state index in [1.165, 1.54) is 0 Å². The fraction of sp³-hybridized carbons (Fsp3) is 0.350. The summed E-state index contributed by atoms with van der Waals surface area (Å²) in [4.78, 5) is 14.6. The molecule has 4 heteroatoms. The van der Waals surface area contributed by atoms with E-state index in [9.17, 15) is 4.79 Å². The Hall–Kier alpha value is -2.49. The Morgan fingerprint density at radius 2 is 1.92 bits per heavy atom. The van der Waals surface area contributed by atoms with Crippen LogP contribution in [0.4, 0.5) is 0 Å². The Morgan fingerprint density at radius 3 is 2.71 bits per heavy atom. The van der Waals surface area contributed by atoms with Crippen LogP contribution in [0.25, 0.3) is 0 Å². The van der Waals surface area contributed by atoms with Crippen LogP contribution in [0.5, 0.6) is 11.5 Å². The number of carbonyl (C=O) groups is 1. The molecule has 24 heavy (non-hydrogen) atoms. The lowest BCUT2D eigenvalue weighted by atomic mass is 9.98. The van der Waals surface area contributed by atoms with Gasteiger partial charge in [0.15, 0.2) is 0 Å². The molecular formula is C20H23NO3. The summed E-state index contributed by atoms with van der Waals surface area (Å²) < 4.78 is 11.1. The minimum absolute atomic E-state index is 0.0679. The van der Waals surface area contributed by atoms with E-state index >= 15 is 0 Å². The maximum absolute atomic E-state index is 12.7. The van der Waals surface area contributed by atoms with E-state index in [4.69, 9.17) is 9.47 Å². The van der Waals surface area contributed by atoms with E-state index in [1.807, 2.05) is 53.4 Å². The number of nitrogens with zero attached hydrogens (tertiary/aromatic N) is 1. The van der Waals surface area contributed by atoms with Crippen molar-refractivity contribution in [2.45, 2.75) is 12.8 Å². The zero-order valence-corrected chi connectivity index (χ0v) is 14.0. The van der Waals surface area contributed by atoms with E-state index in [-0.39, 0.29) is 5.91 Å². The first-order chi connectivity index (χ1) is 11.8. The second-order valence-corrected chi connectivity index (χ2v) is 6.12. The van der Waals surface area contributed by atoms with Gasteiger partial charge in [-0.05, 0) is 43.2 Å². The molecule has 4 nitrogen and oxygen atoms in total. The Balaban J connectivity index is 1.59. The van der Waals surface area contributed by atoms with Gasteiger partial charge in [0.1, 0.15) is 11.5 Å². The molecule has 126 valence electrons. The molecule has 0 radical (unpaired) electrons. The van der Waals surface area contributed by atoms with Crippen molar-refractivity contribution in [1.29, 1.82) is 0 Å². The third-order valence-electron chi connectivity index (χ3n) is 4.35. The summed E-state index contributed by atoms with van der Waals surface area (Å²) in [5.41, 5.74) is 0.680. The first-order valence-corrected chi connectivity index (χ1v) is 8.37. The zero-order valence-electron chi connectivity index (χ0n) is 14.0. The molecule has 1 aliphatic rings. The van der Waals surface area contributed by atoms with Gasteiger partial charge < -0.3 is 14.4 Å². The number of amides is 1. The van der Waals surface area contributed by atoms with Gasteiger partial charge in [0.05, 0.1) is 13.7 Å². The highest BCUT2D eigenvalue weighted by molar-refractivity contribution is 5.94. The van der Waals surface area contributed by atoms with Crippen LogP contribution in [0.15, 0.2) is 54.6 Å². The lowest BCUT2D eigenvalue weighted by molar-refractivity contribution is 0.0633. The fourth-order valence-corrected chi connectivity index (χ4v) is 3.06. The number of carbonyl (C=O) groups excluding carboxylic acids is 1. The number of methoxy groups -OCH3 is 1. The minimum Gasteiger partial charge on any atom is -0.497 e. The summed E-state index contributed by atoms with van der Waals surface area (Å²) in [6, 6.07) is 17.2. The van der Waals surface area contributed by atoms with Gasteiger partial charge in [-0.25, -0.2) is 0 Å². The summed E-state index contributed by atoms with van der Waals surface area (Å²) in [6.45, 7) is 2.19. The van der Waals surface area contributed by atoms with Crippen LogP contribution in [0.2, 0.25) is 0 Å². The second-order valence-electron chi connectivity index (χ2n) is 6.12. The SMILES string of the molecule is COc1cccc(C(=O)N2CCCC(COc3ccccc3)C2)c1. The van der Waals surface area contributed by atoms with Gasteiger partial charge in [0, 0.05) is 24.6 Å². The number of hydrogen-bond acceptors (Lipinski definition) is 3. The standard InChI is InChI=1S/C20H23NO3/c1-23-19-11-5-8-17(13-19)20(22)21-12-6-7-16(14-21)15-24-18-9-3-2-4-10-18/h2-5,8-11,13,16H,6-7,12,14-15H2,1H3. The molecule has 2 aromatic carbocycles. The number of piperidine rings is 1. The van der Waals surface area contributed by atoms with Crippen molar-refractivity contribution >= 4 is 5.91 Å². The average molecular weight is 325 g/mol. The Morgan fingerprint density at radius 1 is 1.12 bits per heavy atom. The van der Waals surface area contributed by atoms with Gasteiger partial charge in [0.2, 0.25) is 0 Å². The third kappa shape index (κ3) is 4.07. The molecule has 1 saturated heterocycles. The maximum Gasteiger partial charge on any atom is 0.253 e. The quantitative estimate of drug-likeness (QED) is 0.843. The first-order valence-electron chi connectivity index (χ1n) is 8.37. The summed E-state index contributed by atoms with van der Waals surface area (Å²) in [5.74, 6) is 2.03. The molecule has 0 N–H and O–H groups in total. The Kier molecular flexibility index (Phi) is 5.36. The largest absolute Gasteiger partial charge is 0.497 e. The Bertz CT molecular complexity index is 672. The van der Waals surface area contributed by atoms with Gasteiger partial charge >= 0.3 is 0 Å². The smallest absolute Gasteiger partial charge is 0.253 e. The number of para-hydroxylation sites is 1. The molecule has 0 aromatic heterocycles. The predicted molar refractivity (Wildman–Crippen MR) is 93.6 cm³/mol. The highest BCUT2D eigenvalue weighted by atomic mass is 16.5. The summed E-state index contributed by atoms with van der Waals surface area (Å²) in [7, 11) is 1.61. The molecule has 1 amide bonds.